The van der Waals surface area contributed by atoms with Crippen molar-refractivity contribution < 1.29 is 14.6 Å². The molecule has 1 unspecified atom stereocenters. The minimum Gasteiger partial charge on any atom is -0.491 e. The van der Waals surface area contributed by atoms with Crippen LogP contribution in [0.2, 0.25) is 5.02 Å². The van der Waals surface area contributed by atoms with Crippen LogP contribution in [-0.2, 0) is 4.79 Å². The molecule has 0 radical (unpaired) electrons. The first-order valence-corrected chi connectivity index (χ1v) is 4.34. The quantitative estimate of drug-likeness (QED) is 0.790. The Morgan fingerprint density at radius 2 is 2.36 bits per heavy atom. The van der Waals surface area contributed by atoms with Crippen LogP contribution in [0.15, 0.2) is 24.3 Å². The summed E-state index contributed by atoms with van der Waals surface area (Å²) in [6, 6.07) is 5.67. The van der Waals surface area contributed by atoms with E-state index < -0.39 is 12.0 Å². The molecule has 1 aromatic rings. The lowest BCUT2D eigenvalue weighted by Crippen LogP contribution is -2.36. The van der Waals surface area contributed by atoms with Crippen molar-refractivity contribution in [2.45, 2.75) is 6.04 Å². The van der Waals surface area contributed by atoms with E-state index in [-0.39, 0.29) is 6.61 Å². The van der Waals surface area contributed by atoms with Gasteiger partial charge >= 0.3 is 5.97 Å². The fourth-order valence-electron chi connectivity index (χ4n) is 0.814. The van der Waals surface area contributed by atoms with Crippen LogP contribution >= 0.6 is 11.6 Å². The molecule has 0 aromatic heterocycles. The van der Waals surface area contributed by atoms with E-state index in [1.54, 1.807) is 24.3 Å². The van der Waals surface area contributed by atoms with Gasteiger partial charge in [0.05, 0.1) is 0 Å². The largest absolute Gasteiger partial charge is 0.491 e. The highest BCUT2D eigenvalue weighted by Gasteiger charge is 2.11. The van der Waals surface area contributed by atoms with Crippen molar-refractivity contribution in [1.29, 1.82) is 0 Å². The molecule has 0 heterocycles. The van der Waals surface area contributed by atoms with Crippen molar-refractivity contribution >= 4 is 17.6 Å². The van der Waals surface area contributed by atoms with Crippen LogP contribution < -0.4 is 10.5 Å². The van der Waals surface area contributed by atoms with Crippen LogP contribution in [0.1, 0.15) is 0 Å². The first-order chi connectivity index (χ1) is 6.59. The minimum absolute atomic E-state index is 0.0737. The number of nitrogens with two attached hydrogens (primary N) is 1. The summed E-state index contributed by atoms with van der Waals surface area (Å²) in [5, 5.41) is 9.02. The van der Waals surface area contributed by atoms with E-state index in [1.165, 1.54) is 0 Å². The monoisotopic (exact) mass is 215 g/mol. The molecule has 1 aromatic carbocycles. The van der Waals surface area contributed by atoms with Gasteiger partial charge in [0.25, 0.3) is 0 Å². The Hall–Kier alpha value is -1.26. The number of hydrogen-bond donors (Lipinski definition) is 2. The van der Waals surface area contributed by atoms with Crippen LogP contribution in [0.4, 0.5) is 0 Å². The molecule has 0 fully saturated rings. The van der Waals surface area contributed by atoms with E-state index in [1.807, 2.05) is 0 Å². The van der Waals surface area contributed by atoms with Gasteiger partial charge in [-0.05, 0) is 18.2 Å². The maximum atomic E-state index is 10.4. The number of benzene rings is 1. The summed E-state index contributed by atoms with van der Waals surface area (Å²) in [6.45, 7) is -0.0737. The lowest BCUT2D eigenvalue weighted by Gasteiger charge is -2.08. The molecule has 4 nitrogen and oxygen atoms in total. The number of ether oxygens (including phenoxy) is 1. The van der Waals surface area contributed by atoms with Gasteiger partial charge in [0.15, 0.2) is 0 Å². The zero-order chi connectivity index (χ0) is 10.6. The van der Waals surface area contributed by atoms with Crippen LogP contribution in [0.3, 0.4) is 0 Å². The molecule has 14 heavy (non-hydrogen) atoms. The van der Waals surface area contributed by atoms with Gasteiger partial charge in [0.1, 0.15) is 18.4 Å². The maximum Gasteiger partial charge on any atom is 0.324 e. The Labute approximate surface area is 86.2 Å². The van der Waals surface area contributed by atoms with Gasteiger partial charge in [0, 0.05) is 5.02 Å². The van der Waals surface area contributed by atoms with E-state index in [9.17, 15) is 4.79 Å². The smallest absolute Gasteiger partial charge is 0.324 e. The van der Waals surface area contributed by atoms with Gasteiger partial charge < -0.3 is 15.6 Å². The Balaban J connectivity index is 2.49. The number of halogens is 1. The molecule has 1 atom stereocenters. The molecular formula is C9H10ClNO3. The number of carbonyl (C=O) groups is 1. The molecule has 3 N–H and O–H groups in total. The third kappa shape index (κ3) is 3.24. The lowest BCUT2D eigenvalue weighted by atomic mass is 10.3. The molecule has 0 saturated heterocycles. The van der Waals surface area contributed by atoms with Crippen molar-refractivity contribution in [3.05, 3.63) is 29.3 Å². The SMILES string of the molecule is NC(COc1cccc(Cl)c1)C(=O)O. The van der Waals surface area contributed by atoms with Gasteiger partial charge in [-0.3, -0.25) is 4.79 Å². The molecule has 0 aliphatic heterocycles. The summed E-state index contributed by atoms with van der Waals surface area (Å²) >= 11 is 5.70. The Bertz CT molecular complexity index is 330. The fourth-order valence-corrected chi connectivity index (χ4v) is 0.994. The van der Waals surface area contributed by atoms with Gasteiger partial charge in [0.2, 0.25) is 0 Å². The predicted octanol–water partition coefficient (Wildman–Crippen LogP) is 1.13. The van der Waals surface area contributed by atoms with E-state index >= 15 is 0 Å². The number of aliphatic carboxylic acids is 1. The van der Waals surface area contributed by atoms with Crippen molar-refractivity contribution in [3.63, 3.8) is 0 Å². The van der Waals surface area contributed by atoms with Crippen LogP contribution in [0.25, 0.3) is 0 Å². The molecule has 0 aliphatic carbocycles. The fraction of sp³-hybridized carbons (Fsp3) is 0.222. The molecule has 0 aliphatic rings. The average Bonchev–Trinajstić information content (AvgIpc) is 2.14. The van der Waals surface area contributed by atoms with Crippen molar-refractivity contribution in [2.24, 2.45) is 5.73 Å². The molecule has 1 rings (SSSR count). The summed E-state index contributed by atoms with van der Waals surface area (Å²) in [4.78, 5) is 10.4. The molecule has 5 heteroatoms. The Morgan fingerprint density at radius 3 is 2.93 bits per heavy atom. The number of hydrogen-bond acceptors (Lipinski definition) is 3. The summed E-state index contributed by atoms with van der Waals surface area (Å²) in [6.07, 6.45) is 0. The molecule has 0 spiro atoms. The van der Waals surface area contributed by atoms with Crippen molar-refractivity contribution in [2.75, 3.05) is 6.61 Å². The lowest BCUT2D eigenvalue weighted by molar-refractivity contribution is -0.139. The highest BCUT2D eigenvalue weighted by molar-refractivity contribution is 6.30. The highest BCUT2D eigenvalue weighted by atomic mass is 35.5. The second kappa shape index (κ2) is 4.83. The summed E-state index contributed by atoms with van der Waals surface area (Å²) in [7, 11) is 0. The van der Waals surface area contributed by atoms with E-state index in [4.69, 9.17) is 27.2 Å². The second-order valence-electron chi connectivity index (χ2n) is 2.71. The summed E-state index contributed by atoms with van der Waals surface area (Å²) in [5.41, 5.74) is 5.24. The molecule has 0 saturated carbocycles. The zero-order valence-electron chi connectivity index (χ0n) is 7.31. The standard InChI is InChI=1S/C9H10ClNO3/c10-6-2-1-3-7(4-6)14-5-8(11)9(12)13/h1-4,8H,5,11H2,(H,12,13). The van der Waals surface area contributed by atoms with Gasteiger partial charge in [-0.15, -0.1) is 0 Å². The first kappa shape index (κ1) is 10.8. The number of carboxylic acids is 1. The van der Waals surface area contributed by atoms with Gasteiger partial charge in [-0.25, -0.2) is 0 Å². The predicted molar refractivity (Wildman–Crippen MR) is 52.6 cm³/mol. The Morgan fingerprint density at radius 1 is 1.64 bits per heavy atom. The molecule has 76 valence electrons. The third-order valence-electron chi connectivity index (χ3n) is 1.54. The number of rotatable bonds is 4. The van der Waals surface area contributed by atoms with Crippen molar-refractivity contribution in [3.8, 4) is 5.75 Å². The highest BCUT2D eigenvalue weighted by Crippen LogP contribution is 2.16. The normalized spacial score (nSPS) is 12.1. The molecule has 0 amide bonds. The third-order valence-corrected chi connectivity index (χ3v) is 1.78. The number of carboxylic acid groups (broad SMARTS) is 1. The summed E-state index contributed by atoms with van der Waals surface area (Å²) < 4.78 is 5.12. The Kier molecular flexibility index (Phi) is 3.73. The molecular weight excluding hydrogens is 206 g/mol. The van der Waals surface area contributed by atoms with Crippen LogP contribution in [0, 0.1) is 0 Å². The van der Waals surface area contributed by atoms with Gasteiger partial charge in [-0.2, -0.15) is 0 Å². The maximum absolute atomic E-state index is 10.4. The average molecular weight is 216 g/mol. The van der Waals surface area contributed by atoms with E-state index in [0.717, 1.165) is 0 Å². The van der Waals surface area contributed by atoms with E-state index in [2.05, 4.69) is 0 Å². The van der Waals surface area contributed by atoms with Crippen LogP contribution in [0.5, 0.6) is 5.75 Å². The van der Waals surface area contributed by atoms with Crippen molar-refractivity contribution in [1.82, 2.24) is 0 Å². The molecule has 0 bridgehead atoms. The summed E-state index contributed by atoms with van der Waals surface area (Å²) in [5.74, 6) is -0.582. The first-order valence-electron chi connectivity index (χ1n) is 3.96. The zero-order valence-corrected chi connectivity index (χ0v) is 8.07. The topological polar surface area (TPSA) is 72.5 Å². The second-order valence-corrected chi connectivity index (χ2v) is 3.15. The van der Waals surface area contributed by atoms with Crippen LogP contribution in [-0.4, -0.2) is 23.7 Å². The minimum atomic E-state index is -1.09. The van der Waals surface area contributed by atoms with E-state index in [0.29, 0.717) is 10.8 Å². The van der Waals surface area contributed by atoms with Gasteiger partial charge in [-0.1, -0.05) is 17.7 Å².